The molecule has 2 aliphatic heterocycles. The molecule has 0 amide bonds. The lowest BCUT2D eigenvalue weighted by Crippen LogP contribution is -2.35. The van der Waals surface area contributed by atoms with Crippen LogP contribution in [0.25, 0.3) is 0 Å². The molecule has 0 radical (unpaired) electrons. The summed E-state index contributed by atoms with van der Waals surface area (Å²) in [6.45, 7) is 7.84. The summed E-state index contributed by atoms with van der Waals surface area (Å²) in [6, 6.07) is 6.04. The van der Waals surface area contributed by atoms with Crippen molar-refractivity contribution in [3.05, 3.63) is 30.1 Å². The first-order valence-corrected chi connectivity index (χ1v) is 9.12. The predicted molar refractivity (Wildman–Crippen MR) is 91.1 cm³/mol. The predicted octanol–water partition coefficient (Wildman–Crippen LogP) is 2.26. The molecule has 3 heterocycles. The second kappa shape index (κ2) is 6.50. The van der Waals surface area contributed by atoms with Crippen LogP contribution in [0.3, 0.4) is 0 Å². The maximum absolute atomic E-state index is 6.09. The minimum atomic E-state index is 0.466. The van der Waals surface area contributed by atoms with Crippen LogP contribution in [0.2, 0.25) is 0 Å². The lowest BCUT2D eigenvalue weighted by molar-refractivity contribution is 0.0512. The van der Waals surface area contributed by atoms with Gasteiger partial charge in [-0.2, -0.15) is 0 Å². The van der Waals surface area contributed by atoms with Gasteiger partial charge in [0.1, 0.15) is 0 Å². The SMILES string of the molecule is CN1CC[C@]2(C1)CN(CC1CC1)C[C@@H]2COCc1ccccn1. The molecule has 0 N–H and O–H groups in total. The molecule has 4 nitrogen and oxygen atoms in total. The number of ether oxygens (including phenoxy) is 1. The van der Waals surface area contributed by atoms with Gasteiger partial charge >= 0.3 is 0 Å². The molecule has 4 rings (SSSR count). The summed E-state index contributed by atoms with van der Waals surface area (Å²) in [5, 5.41) is 0. The van der Waals surface area contributed by atoms with Gasteiger partial charge in [-0.05, 0) is 50.9 Å². The summed E-state index contributed by atoms with van der Waals surface area (Å²) in [7, 11) is 2.27. The lowest BCUT2D eigenvalue weighted by atomic mass is 9.78. The van der Waals surface area contributed by atoms with Crippen molar-refractivity contribution in [2.75, 3.05) is 46.4 Å². The second-order valence-electron chi connectivity index (χ2n) is 8.02. The van der Waals surface area contributed by atoms with E-state index >= 15 is 0 Å². The van der Waals surface area contributed by atoms with Crippen LogP contribution in [-0.2, 0) is 11.3 Å². The molecule has 3 fully saturated rings. The molecule has 0 aromatic carbocycles. The number of hydrogen-bond donors (Lipinski definition) is 0. The molecule has 0 unspecified atom stereocenters. The fourth-order valence-corrected chi connectivity index (χ4v) is 4.54. The van der Waals surface area contributed by atoms with Crippen molar-refractivity contribution in [1.82, 2.24) is 14.8 Å². The minimum Gasteiger partial charge on any atom is -0.375 e. The van der Waals surface area contributed by atoms with Crippen LogP contribution in [0.5, 0.6) is 0 Å². The van der Waals surface area contributed by atoms with E-state index in [1.54, 1.807) is 0 Å². The summed E-state index contributed by atoms with van der Waals surface area (Å²) >= 11 is 0. The fourth-order valence-electron chi connectivity index (χ4n) is 4.54. The summed E-state index contributed by atoms with van der Waals surface area (Å²) in [5.74, 6) is 1.66. The Morgan fingerprint density at radius 3 is 2.91 bits per heavy atom. The van der Waals surface area contributed by atoms with Gasteiger partial charge in [-0.15, -0.1) is 0 Å². The van der Waals surface area contributed by atoms with E-state index < -0.39 is 0 Å². The first-order valence-electron chi connectivity index (χ1n) is 9.12. The highest BCUT2D eigenvalue weighted by Crippen LogP contribution is 2.45. The largest absolute Gasteiger partial charge is 0.375 e. The number of hydrogen-bond acceptors (Lipinski definition) is 4. The average Bonchev–Trinajstić information content (AvgIpc) is 3.20. The van der Waals surface area contributed by atoms with Gasteiger partial charge in [0.2, 0.25) is 0 Å². The zero-order valence-electron chi connectivity index (χ0n) is 14.3. The third kappa shape index (κ3) is 3.59. The number of rotatable bonds is 6. The van der Waals surface area contributed by atoms with Crippen molar-refractivity contribution >= 4 is 0 Å². The molecule has 23 heavy (non-hydrogen) atoms. The average molecular weight is 315 g/mol. The van der Waals surface area contributed by atoms with Crippen molar-refractivity contribution in [3.63, 3.8) is 0 Å². The Balaban J connectivity index is 1.36. The van der Waals surface area contributed by atoms with E-state index in [0.29, 0.717) is 17.9 Å². The fraction of sp³-hybridized carbons (Fsp3) is 0.737. The van der Waals surface area contributed by atoms with E-state index in [4.69, 9.17) is 4.74 Å². The van der Waals surface area contributed by atoms with Crippen molar-refractivity contribution in [1.29, 1.82) is 0 Å². The quantitative estimate of drug-likeness (QED) is 0.805. The summed E-state index contributed by atoms with van der Waals surface area (Å²) < 4.78 is 6.09. The van der Waals surface area contributed by atoms with E-state index in [1.165, 1.54) is 52.0 Å². The van der Waals surface area contributed by atoms with E-state index in [1.807, 2.05) is 24.4 Å². The Hall–Kier alpha value is -0.970. The van der Waals surface area contributed by atoms with Crippen LogP contribution in [0.4, 0.5) is 0 Å². The molecule has 1 aromatic heterocycles. The van der Waals surface area contributed by atoms with E-state index in [9.17, 15) is 0 Å². The first kappa shape index (κ1) is 15.6. The third-order valence-electron chi connectivity index (χ3n) is 5.97. The van der Waals surface area contributed by atoms with E-state index in [2.05, 4.69) is 21.8 Å². The Morgan fingerprint density at radius 2 is 2.22 bits per heavy atom. The molecule has 1 spiro atoms. The summed E-state index contributed by atoms with van der Waals surface area (Å²) in [5.41, 5.74) is 1.51. The lowest BCUT2D eigenvalue weighted by Gasteiger charge is -2.30. The zero-order chi connectivity index (χ0) is 15.7. The first-order chi connectivity index (χ1) is 11.2. The van der Waals surface area contributed by atoms with Gasteiger partial charge in [0.05, 0.1) is 18.9 Å². The second-order valence-corrected chi connectivity index (χ2v) is 8.02. The van der Waals surface area contributed by atoms with Crippen LogP contribution in [0.1, 0.15) is 25.0 Å². The number of nitrogens with zero attached hydrogens (tertiary/aromatic N) is 3. The minimum absolute atomic E-state index is 0.466. The van der Waals surface area contributed by atoms with E-state index in [-0.39, 0.29) is 0 Å². The van der Waals surface area contributed by atoms with Crippen LogP contribution in [0.15, 0.2) is 24.4 Å². The van der Waals surface area contributed by atoms with Crippen molar-refractivity contribution in [2.24, 2.45) is 17.3 Å². The maximum Gasteiger partial charge on any atom is 0.0887 e. The molecule has 2 atom stereocenters. The molecular formula is C19H29N3O. The molecule has 126 valence electrons. The normalized spacial score (nSPS) is 32.1. The van der Waals surface area contributed by atoms with Gasteiger partial charge in [0, 0.05) is 43.7 Å². The van der Waals surface area contributed by atoms with Crippen LogP contribution >= 0.6 is 0 Å². The molecule has 0 bridgehead atoms. The molecule has 1 aromatic rings. The van der Waals surface area contributed by atoms with Crippen molar-refractivity contribution in [3.8, 4) is 0 Å². The Morgan fingerprint density at radius 1 is 1.30 bits per heavy atom. The highest BCUT2D eigenvalue weighted by Gasteiger charge is 2.50. The number of aromatic nitrogens is 1. The monoisotopic (exact) mass is 315 g/mol. The standard InChI is InChI=1S/C19H29N3O/c1-21-9-7-19(14-21)15-22(10-16-5-6-16)11-17(19)12-23-13-18-4-2-3-8-20-18/h2-4,8,16-17H,5-7,9-15H2,1H3/t17-,19+/m1/s1. The highest BCUT2D eigenvalue weighted by molar-refractivity contribution is 5.04. The van der Waals surface area contributed by atoms with Crippen molar-refractivity contribution < 1.29 is 4.74 Å². The number of pyridine rings is 1. The molecule has 4 heteroatoms. The van der Waals surface area contributed by atoms with Gasteiger partial charge in [0.25, 0.3) is 0 Å². The smallest absolute Gasteiger partial charge is 0.0887 e. The topological polar surface area (TPSA) is 28.6 Å². The van der Waals surface area contributed by atoms with Gasteiger partial charge in [-0.3, -0.25) is 4.98 Å². The van der Waals surface area contributed by atoms with Gasteiger partial charge in [0.15, 0.2) is 0 Å². The van der Waals surface area contributed by atoms with Gasteiger partial charge in [-0.1, -0.05) is 6.07 Å². The molecular weight excluding hydrogens is 286 g/mol. The van der Waals surface area contributed by atoms with Gasteiger partial charge < -0.3 is 14.5 Å². The zero-order valence-corrected chi connectivity index (χ0v) is 14.3. The number of likely N-dealkylation sites (tertiary alicyclic amines) is 2. The Kier molecular flexibility index (Phi) is 4.39. The van der Waals surface area contributed by atoms with Crippen molar-refractivity contribution in [2.45, 2.75) is 25.9 Å². The van der Waals surface area contributed by atoms with Gasteiger partial charge in [-0.25, -0.2) is 0 Å². The molecule has 2 saturated heterocycles. The third-order valence-corrected chi connectivity index (χ3v) is 5.97. The van der Waals surface area contributed by atoms with E-state index in [0.717, 1.165) is 18.2 Å². The summed E-state index contributed by atoms with van der Waals surface area (Å²) in [4.78, 5) is 9.60. The Bertz CT molecular complexity index is 519. The summed E-state index contributed by atoms with van der Waals surface area (Å²) in [6.07, 6.45) is 6.08. The maximum atomic E-state index is 6.09. The highest BCUT2D eigenvalue weighted by atomic mass is 16.5. The molecule has 1 saturated carbocycles. The Labute approximate surface area is 139 Å². The van der Waals surface area contributed by atoms with Crippen LogP contribution < -0.4 is 0 Å². The van der Waals surface area contributed by atoms with Crippen LogP contribution in [-0.4, -0.2) is 61.2 Å². The van der Waals surface area contributed by atoms with Crippen LogP contribution in [0, 0.1) is 17.3 Å². The molecule has 1 aliphatic carbocycles. The molecule has 3 aliphatic rings.